The maximum Gasteiger partial charge on any atom is 0.0309 e. The van der Waals surface area contributed by atoms with Crippen LogP contribution in [0.1, 0.15) is 98.8 Å². The Bertz CT molecular complexity index is 428. The first-order valence-corrected chi connectivity index (χ1v) is 12.6. The molecule has 0 nitrogen and oxygen atoms in total. The van der Waals surface area contributed by atoms with Crippen LogP contribution in [-0.4, -0.2) is 3.42 Å². The van der Waals surface area contributed by atoms with E-state index < -0.39 is 0 Å². The number of rotatable bonds is 6. The molecule has 3 rings (SSSR count). The molecule has 0 radical (unpaired) electrons. The highest BCUT2D eigenvalue weighted by Gasteiger charge is 2.61. The molecule has 3 saturated carbocycles. The smallest absolute Gasteiger partial charge is 0.0309 e. The highest BCUT2D eigenvalue weighted by molar-refractivity contribution is 14.1. The van der Waals surface area contributed by atoms with E-state index in [0.29, 0.717) is 3.42 Å². The Hall–Kier alpha value is 0.730. The topological polar surface area (TPSA) is 0 Å². The highest BCUT2D eigenvalue weighted by atomic mass is 127. The molecule has 146 valence electrons. The summed E-state index contributed by atoms with van der Waals surface area (Å²) in [5.41, 5.74) is 0. The minimum absolute atomic E-state index is 0.616. The first-order valence-electron chi connectivity index (χ1n) is 11.5. The van der Waals surface area contributed by atoms with Crippen molar-refractivity contribution >= 4 is 22.6 Å². The number of alkyl halides is 1. The van der Waals surface area contributed by atoms with Crippen LogP contribution in [0.3, 0.4) is 0 Å². The number of fused-ring (bicyclic) bond motifs is 3. The quantitative estimate of drug-likeness (QED) is 0.278. The fourth-order valence-electron chi connectivity index (χ4n) is 7.23. The van der Waals surface area contributed by atoms with Crippen molar-refractivity contribution < 1.29 is 0 Å². The van der Waals surface area contributed by atoms with Gasteiger partial charge in [0.05, 0.1) is 0 Å². The Morgan fingerprint density at radius 2 is 1.48 bits per heavy atom. The SMILES string of the molecule is CC(C)CCC(C)C1(I)C2CCCCC2C2CC(CC(C)C)CCC21. The number of hydrogen-bond acceptors (Lipinski definition) is 0. The van der Waals surface area contributed by atoms with Crippen molar-refractivity contribution in [3.05, 3.63) is 0 Å². The third-order valence-corrected chi connectivity index (χ3v) is 10.9. The third kappa shape index (κ3) is 4.11. The van der Waals surface area contributed by atoms with Crippen molar-refractivity contribution in [1.82, 2.24) is 0 Å². The maximum absolute atomic E-state index is 3.04. The summed E-state index contributed by atoms with van der Waals surface area (Å²) in [5.74, 6) is 7.92. The first-order chi connectivity index (χ1) is 11.8. The maximum atomic E-state index is 3.04. The van der Waals surface area contributed by atoms with Gasteiger partial charge >= 0.3 is 0 Å². The van der Waals surface area contributed by atoms with Crippen LogP contribution >= 0.6 is 22.6 Å². The second kappa shape index (κ2) is 8.39. The van der Waals surface area contributed by atoms with Gasteiger partial charge in [0.15, 0.2) is 0 Å². The van der Waals surface area contributed by atoms with Crippen molar-refractivity contribution in [3.8, 4) is 0 Å². The van der Waals surface area contributed by atoms with Gasteiger partial charge < -0.3 is 0 Å². The molecular formula is C24H43I. The summed E-state index contributed by atoms with van der Waals surface area (Å²) in [6.07, 6.45) is 15.2. The molecule has 0 heterocycles. The summed E-state index contributed by atoms with van der Waals surface area (Å²) < 4.78 is 0.616. The van der Waals surface area contributed by atoms with Gasteiger partial charge in [-0.3, -0.25) is 0 Å². The molecule has 0 N–H and O–H groups in total. The van der Waals surface area contributed by atoms with Gasteiger partial charge in [0.1, 0.15) is 0 Å². The van der Waals surface area contributed by atoms with E-state index in [1.54, 1.807) is 25.7 Å². The van der Waals surface area contributed by atoms with Crippen LogP contribution in [0.4, 0.5) is 0 Å². The van der Waals surface area contributed by atoms with Gasteiger partial charge in [-0.25, -0.2) is 0 Å². The van der Waals surface area contributed by atoms with Crippen LogP contribution in [0.25, 0.3) is 0 Å². The largest absolute Gasteiger partial charge is 0.0780 e. The van der Waals surface area contributed by atoms with Gasteiger partial charge in [0.25, 0.3) is 0 Å². The average molecular weight is 459 g/mol. The molecule has 3 fully saturated rings. The first kappa shape index (κ1) is 20.5. The number of halogens is 1. The van der Waals surface area contributed by atoms with Crippen molar-refractivity contribution in [3.63, 3.8) is 0 Å². The Morgan fingerprint density at radius 3 is 2.16 bits per heavy atom. The van der Waals surface area contributed by atoms with Crippen LogP contribution in [0.2, 0.25) is 0 Å². The molecule has 3 aliphatic rings. The summed E-state index contributed by atoms with van der Waals surface area (Å²) in [7, 11) is 0. The van der Waals surface area contributed by atoms with Gasteiger partial charge in [0.2, 0.25) is 0 Å². The van der Waals surface area contributed by atoms with E-state index in [2.05, 4.69) is 57.2 Å². The van der Waals surface area contributed by atoms with E-state index >= 15 is 0 Å². The van der Waals surface area contributed by atoms with Crippen LogP contribution in [0, 0.1) is 47.3 Å². The van der Waals surface area contributed by atoms with Crippen LogP contribution in [-0.2, 0) is 0 Å². The molecule has 7 unspecified atom stereocenters. The van der Waals surface area contributed by atoms with Crippen molar-refractivity contribution in [2.45, 2.75) is 102 Å². The van der Waals surface area contributed by atoms with Gasteiger partial charge in [-0.1, -0.05) is 82.9 Å². The Kier molecular flexibility index (Phi) is 6.87. The highest BCUT2D eigenvalue weighted by Crippen LogP contribution is 2.66. The molecule has 0 spiro atoms. The Morgan fingerprint density at radius 1 is 0.800 bits per heavy atom. The second-order valence-electron chi connectivity index (χ2n) is 10.8. The molecule has 0 aromatic carbocycles. The van der Waals surface area contributed by atoms with Gasteiger partial charge in [0, 0.05) is 3.42 Å². The molecule has 0 aliphatic heterocycles. The molecule has 0 amide bonds. The lowest BCUT2D eigenvalue weighted by Gasteiger charge is -2.45. The minimum Gasteiger partial charge on any atom is -0.0780 e. The molecule has 1 heteroatoms. The zero-order valence-electron chi connectivity index (χ0n) is 17.6. The summed E-state index contributed by atoms with van der Waals surface area (Å²) in [6, 6.07) is 0. The average Bonchev–Trinajstić information content (AvgIpc) is 2.82. The summed E-state index contributed by atoms with van der Waals surface area (Å²) in [4.78, 5) is 0. The molecule has 0 saturated heterocycles. The fraction of sp³-hybridized carbons (Fsp3) is 1.00. The fourth-order valence-corrected chi connectivity index (χ4v) is 9.09. The van der Waals surface area contributed by atoms with Gasteiger partial charge in [-0.2, -0.15) is 0 Å². The second-order valence-corrected chi connectivity index (χ2v) is 12.7. The van der Waals surface area contributed by atoms with Gasteiger partial charge in [-0.15, -0.1) is 0 Å². The predicted octanol–water partition coefficient (Wildman–Crippen LogP) is 8.13. The summed E-state index contributed by atoms with van der Waals surface area (Å²) in [5, 5.41) is 0. The minimum atomic E-state index is 0.616. The summed E-state index contributed by atoms with van der Waals surface area (Å²) >= 11 is 3.04. The Balaban J connectivity index is 1.79. The Labute approximate surface area is 171 Å². The van der Waals surface area contributed by atoms with Gasteiger partial charge in [-0.05, 0) is 85.9 Å². The lowest BCUT2D eigenvalue weighted by Crippen LogP contribution is -2.43. The van der Waals surface area contributed by atoms with E-state index in [1.807, 2.05) is 0 Å². The molecule has 0 bridgehead atoms. The number of hydrogen-bond donors (Lipinski definition) is 0. The van der Waals surface area contributed by atoms with E-state index in [-0.39, 0.29) is 0 Å². The van der Waals surface area contributed by atoms with Crippen molar-refractivity contribution in [1.29, 1.82) is 0 Å². The van der Waals surface area contributed by atoms with E-state index in [4.69, 9.17) is 0 Å². The molecule has 7 atom stereocenters. The standard InChI is InChI=1S/C24H43I/c1-16(2)10-11-18(5)24(25)22-9-7-6-8-20(22)21-15-19(14-17(3)4)12-13-23(21)24/h16-23H,6-15H2,1-5H3. The monoisotopic (exact) mass is 458 g/mol. The van der Waals surface area contributed by atoms with Crippen LogP contribution < -0.4 is 0 Å². The molecule has 25 heavy (non-hydrogen) atoms. The molecule has 0 aromatic rings. The van der Waals surface area contributed by atoms with E-state index in [9.17, 15) is 0 Å². The molecule has 3 aliphatic carbocycles. The van der Waals surface area contributed by atoms with E-state index in [1.165, 1.54) is 38.5 Å². The molecular weight excluding hydrogens is 415 g/mol. The zero-order valence-corrected chi connectivity index (χ0v) is 19.7. The summed E-state index contributed by atoms with van der Waals surface area (Å²) in [6.45, 7) is 12.3. The normalized spacial score (nSPS) is 42.5. The zero-order chi connectivity index (χ0) is 18.2. The predicted molar refractivity (Wildman–Crippen MR) is 119 cm³/mol. The van der Waals surface area contributed by atoms with E-state index in [0.717, 1.165) is 47.3 Å². The van der Waals surface area contributed by atoms with Crippen LogP contribution in [0.5, 0.6) is 0 Å². The van der Waals surface area contributed by atoms with Crippen molar-refractivity contribution in [2.75, 3.05) is 0 Å². The molecule has 0 aromatic heterocycles. The lowest BCUT2D eigenvalue weighted by atomic mass is 9.67. The lowest BCUT2D eigenvalue weighted by molar-refractivity contribution is 0.131. The van der Waals surface area contributed by atoms with Crippen LogP contribution in [0.15, 0.2) is 0 Å². The van der Waals surface area contributed by atoms with Crippen molar-refractivity contribution in [2.24, 2.45) is 47.3 Å². The third-order valence-electron chi connectivity index (χ3n) is 8.25.